The van der Waals surface area contributed by atoms with Crippen molar-refractivity contribution < 1.29 is 9.90 Å². The first-order valence-electron chi connectivity index (χ1n) is 7.52. The van der Waals surface area contributed by atoms with Gasteiger partial charge in [0.15, 0.2) is 0 Å². The van der Waals surface area contributed by atoms with E-state index in [-0.39, 0.29) is 24.1 Å². The summed E-state index contributed by atoms with van der Waals surface area (Å²) >= 11 is 0. The van der Waals surface area contributed by atoms with Gasteiger partial charge in [-0.3, -0.25) is 4.79 Å². The number of amides is 1. The molecule has 0 saturated heterocycles. The van der Waals surface area contributed by atoms with Crippen LogP contribution in [0, 0.1) is 0 Å². The summed E-state index contributed by atoms with van der Waals surface area (Å²) in [6.07, 6.45) is 4.17. The zero-order valence-corrected chi connectivity index (χ0v) is 11.6. The summed E-state index contributed by atoms with van der Waals surface area (Å²) in [6.45, 7) is 0.738. The van der Waals surface area contributed by atoms with Crippen molar-refractivity contribution in [2.75, 3.05) is 0 Å². The van der Waals surface area contributed by atoms with Crippen LogP contribution >= 0.6 is 0 Å². The minimum absolute atomic E-state index is 0.0189. The molecule has 2 aliphatic rings. The second-order valence-electron chi connectivity index (χ2n) is 5.87. The Morgan fingerprint density at radius 1 is 1.20 bits per heavy atom. The van der Waals surface area contributed by atoms with Gasteiger partial charge in [-0.25, -0.2) is 0 Å². The number of nitrogens with one attached hydrogen (secondary N) is 2. The van der Waals surface area contributed by atoms with Crippen LogP contribution in [0.5, 0.6) is 0 Å². The molecule has 4 heteroatoms. The molecule has 0 unspecified atom stereocenters. The van der Waals surface area contributed by atoms with Crippen molar-refractivity contribution in [3.8, 4) is 0 Å². The first kappa shape index (κ1) is 13.6. The molecule has 3 atom stereocenters. The topological polar surface area (TPSA) is 61.4 Å². The van der Waals surface area contributed by atoms with Crippen molar-refractivity contribution in [1.29, 1.82) is 0 Å². The lowest BCUT2D eigenvalue weighted by Crippen LogP contribution is -2.53. The fraction of sp³-hybridized carbons (Fsp3) is 0.562. The predicted octanol–water partition coefficient (Wildman–Crippen LogP) is 1.12. The van der Waals surface area contributed by atoms with E-state index >= 15 is 0 Å². The van der Waals surface area contributed by atoms with Gasteiger partial charge in [0.05, 0.1) is 18.2 Å². The van der Waals surface area contributed by atoms with Gasteiger partial charge in [-0.2, -0.15) is 0 Å². The number of rotatable bonds is 2. The summed E-state index contributed by atoms with van der Waals surface area (Å²) in [5.74, 6) is 0.0189. The number of carbonyl (C=O) groups excluding carboxylic acids is 1. The molecule has 1 aliphatic heterocycles. The molecule has 4 nitrogen and oxygen atoms in total. The fourth-order valence-corrected chi connectivity index (χ4v) is 3.20. The third-order valence-corrected chi connectivity index (χ3v) is 4.45. The van der Waals surface area contributed by atoms with Crippen LogP contribution in [0.15, 0.2) is 24.3 Å². The minimum atomic E-state index is -0.386. The Balaban J connectivity index is 1.61. The van der Waals surface area contributed by atoms with E-state index in [1.807, 2.05) is 12.1 Å². The number of fused-ring (bicyclic) bond motifs is 1. The van der Waals surface area contributed by atoms with Gasteiger partial charge in [0.25, 0.3) is 0 Å². The Morgan fingerprint density at radius 3 is 2.75 bits per heavy atom. The van der Waals surface area contributed by atoms with Crippen LogP contribution in [-0.2, 0) is 17.8 Å². The summed E-state index contributed by atoms with van der Waals surface area (Å²) < 4.78 is 0. The zero-order valence-electron chi connectivity index (χ0n) is 11.6. The quantitative estimate of drug-likeness (QED) is 0.757. The molecule has 1 fully saturated rings. The van der Waals surface area contributed by atoms with Gasteiger partial charge in [-0.15, -0.1) is 0 Å². The summed E-state index contributed by atoms with van der Waals surface area (Å²) in [4.78, 5) is 12.3. The zero-order chi connectivity index (χ0) is 13.9. The molecule has 3 N–H and O–H groups in total. The number of aliphatic hydroxyl groups is 1. The highest BCUT2D eigenvalue weighted by Crippen LogP contribution is 2.20. The van der Waals surface area contributed by atoms with E-state index in [1.54, 1.807) is 0 Å². The highest BCUT2D eigenvalue weighted by molar-refractivity contribution is 5.82. The maximum atomic E-state index is 12.3. The van der Waals surface area contributed by atoms with Crippen molar-refractivity contribution in [2.45, 2.75) is 56.8 Å². The Bertz CT molecular complexity index is 489. The Morgan fingerprint density at radius 2 is 1.95 bits per heavy atom. The summed E-state index contributed by atoms with van der Waals surface area (Å²) in [5.41, 5.74) is 2.52. The monoisotopic (exact) mass is 274 g/mol. The molecule has 1 heterocycles. The van der Waals surface area contributed by atoms with Gasteiger partial charge >= 0.3 is 0 Å². The molecule has 108 valence electrons. The standard InChI is InChI=1S/C16H22N2O2/c19-15-8-4-3-7-13(15)18-16(20)14-9-11-5-1-2-6-12(11)10-17-14/h1-2,5-6,13-15,17,19H,3-4,7-10H2,(H,18,20)/t13-,14+,15-/m1/s1. The van der Waals surface area contributed by atoms with E-state index in [1.165, 1.54) is 11.1 Å². The predicted molar refractivity (Wildman–Crippen MR) is 77.2 cm³/mol. The lowest BCUT2D eigenvalue weighted by Gasteiger charge is -2.31. The molecule has 1 amide bonds. The number of hydrogen-bond donors (Lipinski definition) is 3. The smallest absolute Gasteiger partial charge is 0.237 e. The van der Waals surface area contributed by atoms with Gasteiger partial charge in [-0.05, 0) is 30.4 Å². The van der Waals surface area contributed by atoms with E-state index in [0.717, 1.165) is 38.6 Å². The lowest BCUT2D eigenvalue weighted by atomic mass is 9.91. The van der Waals surface area contributed by atoms with E-state index in [9.17, 15) is 9.90 Å². The third kappa shape index (κ3) is 2.86. The second-order valence-corrected chi connectivity index (χ2v) is 5.87. The van der Waals surface area contributed by atoms with Crippen LogP contribution in [0.1, 0.15) is 36.8 Å². The molecule has 0 radical (unpaired) electrons. The molecule has 0 bridgehead atoms. The van der Waals surface area contributed by atoms with E-state index in [0.29, 0.717) is 0 Å². The van der Waals surface area contributed by atoms with Gasteiger partial charge in [0, 0.05) is 6.54 Å². The summed E-state index contributed by atoms with van der Waals surface area (Å²) in [7, 11) is 0. The second kappa shape index (κ2) is 5.94. The number of hydrogen-bond acceptors (Lipinski definition) is 3. The normalized spacial score (nSPS) is 29.6. The van der Waals surface area contributed by atoms with Crippen LogP contribution in [-0.4, -0.2) is 29.2 Å². The highest BCUT2D eigenvalue weighted by atomic mass is 16.3. The SMILES string of the molecule is O=C(N[C@@H]1CCCC[C@H]1O)[C@@H]1Cc2ccccc2CN1. The molecule has 3 rings (SSSR count). The average Bonchev–Trinajstić information content (AvgIpc) is 2.49. The third-order valence-electron chi connectivity index (χ3n) is 4.45. The largest absolute Gasteiger partial charge is 0.391 e. The maximum Gasteiger partial charge on any atom is 0.237 e. The van der Waals surface area contributed by atoms with Gasteiger partial charge in [-0.1, -0.05) is 37.1 Å². The number of carbonyl (C=O) groups is 1. The minimum Gasteiger partial charge on any atom is -0.391 e. The van der Waals surface area contributed by atoms with Crippen molar-refractivity contribution in [2.24, 2.45) is 0 Å². The average molecular weight is 274 g/mol. The molecular formula is C16H22N2O2. The molecule has 1 aromatic rings. The van der Waals surface area contributed by atoms with Gasteiger partial charge < -0.3 is 15.7 Å². The van der Waals surface area contributed by atoms with E-state index < -0.39 is 0 Å². The fourth-order valence-electron chi connectivity index (χ4n) is 3.20. The first-order valence-corrected chi connectivity index (χ1v) is 7.52. The molecule has 1 aliphatic carbocycles. The van der Waals surface area contributed by atoms with E-state index in [2.05, 4.69) is 22.8 Å². The lowest BCUT2D eigenvalue weighted by molar-refractivity contribution is -0.125. The van der Waals surface area contributed by atoms with Crippen molar-refractivity contribution in [3.05, 3.63) is 35.4 Å². The molecule has 0 spiro atoms. The molecule has 0 aromatic heterocycles. The van der Waals surface area contributed by atoms with Crippen LogP contribution in [0.2, 0.25) is 0 Å². The Labute approximate surface area is 119 Å². The highest BCUT2D eigenvalue weighted by Gasteiger charge is 2.29. The van der Waals surface area contributed by atoms with Crippen LogP contribution < -0.4 is 10.6 Å². The van der Waals surface area contributed by atoms with Gasteiger partial charge in [0.2, 0.25) is 5.91 Å². The van der Waals surface area contributed by atoms with Crippen molar-refractivity contribution in [1.82, 2.24) is 10.6 Å². The van der Waals surface area contributed by atoms with Gasteiger partial charge in [0.1, 0.15) is 0 Å². The molecule has 20 heavy (non-hydrogen) atoms. The van der Waals surface area contributed by atoms with Crippen LogP contribution in [0.3, 0.4) is 0 Å². The number of benzene rings is 1. The van der Waals surface area contributed by atoms with Crippen molar-refractivity contribution in [3.63, 3.8) is 0 Å². The Kier molecular flexibility index (Phi) is 4.03. The maximum absolute atomic E-state index is 12.3. The summed E-state index contributed by atoms with van der Waals surface area (Å²) in [6, 6.07) is 7.98. The molecule has 1 saturated carbocycles. The molecular weight excluding hydrogens is 252 g/mol. The first-order chi connectivity index (χ1) is 9.74. The molecule has 1 aromatic carbocycles. The van der Waals surface area contributed by atoms with Crippen molar-refractivity contribution >= 4 is 5.91 Å². The van der Waals surface area contributed by atoms with E-state index in [4.69, 9.17) is 0 Å². The summed E-state index contributed by atoms with van der Waals surface area (Å²) in [5, 5.41) is 16.2. The Hall–Kier alpha value is -1.39. The number of aliphatic hydroxyl groups excluding tert-OH is 1. The van der Waals surface area contributed by atoms with Crippen LogP contribution in [0.25, 0.3) is 0 Å². The van der Waals surface area contributed by atoms with Crippen LogP contribution in [0.4, 0.5) is 0 Å².